The number of nitrogens with zero attached hydrogens (tertiary/aromatic N) is 3. The summed E-state index contributed by atoms with van der Waals surface area (Å²) in [5, 5.41) is 13.3. The number of aliphatic carboxylic acids is 1. The van der Waals surface area contributed by atoms with Crippen LogP contribution in [0, 0.1) is 6.92 Å². The normalized spacial score (nSPS) is 11.9. The second-order valence-electron chi connectivity index (χ2n) is 7.50. The Morgan fingerprint density at radius 2 is 1.75 bits per heavy atom. The summed E-state index contributed by atoms with van der Waals surface area (Å²) in [5.74, 6) is -1.10. The van der Waals surface area contributed by atoms with Gasteiger partial charge in [-0.05, 0) is 62.2 Å². The van der Waals surface area contributed by atoms with E-state index < -0.39 is 29.4 Å². The van der Waals surface area contributed by atoms with Crippen LogP contribution in [0.25, 0.3) is 5.69 Å². The van der Waals surface area contributed by atoms with Crippen LogP contribution in [0.5, 0.6) is 11.5 Å². The third-order valence-corrected chi connectivity index (χ3v) is 4.53. The van der Waals surface area contributed by atoms with Crippen molar-refractivity contribution >= 4 is 5.97 Å². The SMILES string of the molecule is Cc1cc(Cn2ncn(-c3ccc(OC(F)(F)F)cc3)c2=O)ccc1OC(C)(C)C(=O)O. The van der Waals surface area contributed by atoms with E-state index in [-0.39, 0.29) is 6.54 Å². The Hall–Kier alpha value is -3.76. The van der Waals surface area contributed by atoms with E-state index in [1.165, 1.54) is 41.6 Å². The molecule has 0 aliphatic carbocycles. The molecule has 0 unspecified atom stereocenters. The zero-order valence-corrected chi connectivity index (χ0v) is 17.4. The Bertz CT molecular complexity index is 1180. The van der Waals surface area contributed by atoms with E-state index in [2.05, 4.69) is 9.84 Å². The lowest BCUT2D eigenvalue weighted by molar-refractivity contribution is -0.274. The Labute approximate surface area is 180 Å². The first-order valence-corrected chi connectivity index (χ1v) is 9.38. The number of rotatable bonds is 7. The van der Waals surface area contributed by atoms with Gasteiger partial charge in [0.05, 0.1) is 12.2 Å². The molecule has 170 valence electrons. The molecular formula is C21H20F3N3O5. The van der Waals surface area contributed by atoms with Gasteiger partial charge >= 0.3 is 18.0 Å². The maximum atomic E-state index is 12.7. The fourth-order valence-electron chi connectivity index (χ4n) is 2.85. The highest BCUT2D eigenvalue weighted by atomic mass is 19.4. The topological polar surface area (TPSA) is 95.6 Å². The van der Waals surface area contributed by atoms with Crippen LogP contribution in [0.3, 0.4) is 0 Å². The van der Waals surface area contributed by atoms with E-state index >= 15 is 0 Å². The first kappa shape index (κ1) is 22.9. The maximum Gasteiger partial charge on any atom is 0.573 e. The molecule has 32 heavy (non-hydrogen) atoms. The molecule has 3 rings (SSSR count). The van der Waals surface area contributed by atoms with Gasteiger partial charge in [-0.2, -0.15) is 5.10 Å². The standard InChI is InChI=1S/C21H20F3N3O5/c1-13-10-14(4-9-17(13)32-20(2,3)18(28)29)11-27-19(30)26(12-25-27)15-5-7-16(8-6-15)31-21(22,23)24/h4-10,12H,11H2,1-3H3,(H,28,29). The molecule has 8 nitrogen and oxygen atoms in total. The zero-order chi connectivity index (χ0) is 23.7. The van der Waals surface area contributed by atoms with Gasteiger partial charge in [0.25, 0.3) is 0 Å². The molecule has 0 radical (unpaired) electrons. The molecule has 3 aromatic rings. The van der Waals surface area contributed by atoms with Crippen molar-refractivity contribution in [3.05, 3.63) is 70.4 Å². The number of carboxylic acid groups (broad SMARTS) is 1. The van der Waals surface area contributed by atoms with E-state index in [1.807, 2.05) is 0 Å². The van der Waals surface area contributed by atoms with Crippen LogP contribution in [0.15, 0.2) is 53.6 Å². The molecular weight excluding hydrogens is 431 g/mol. The Morgan fingerprint density at radius 3 is 2.31 bits per heavy atom. The number of carbonyl (C=O) groups is 1. The maximum absolute atomic E-state index is 12.7. The summed E-state index contributed by atoms with van der Waals surface area (Å²) in [6, 6.07) is 9.90. The molecule has 0 saturated carbocycles. The second kappa shape index (κ2) is 8.40. The minimum atomic E-state index is -4.80. The van der Waals surface area contributed by atoms with Gasteiger partial charge in [0.2, 0.25) is 0 Å². The first-order valence-electron chi connectivity index (χ1n) is 9.38. The summed E-state index contributed by atoms with van der Waals surface area (Å²) >= 11 is 0. The quantitative estimate of drug-likeness (QED) is 0.591. The molecule has 0 spiro atoms. The fourth-order valence-corrected chi connectivity index (χ4v) is 2.85. The van der Waals surface area contributed by atoms with Crippen molar-refractivity contribution in [1.29, 1.82) is 0 Å². The van der Waals surface area contributed by atoms with Crippen LogP contribution >= 0.6 is 0 Å². The van der Waals surface area contributed by atoms with Crippen LogP contribution in [-0.2, 0) is 11.3 Å². The third kappa shape index (κ3) is 5.29. The number of ether oxygens (including phenoxy) is 2. The molecule has 1 aromatic heterocycles. The summed E-state index contributed by atoms with van der Waals surface area (Å²) in [5.41, 5.74) is -0.150. The largest absolute Gasteiger partial charge is 0.573 e. The second-order valence-corrected chi connectivity index (χ2v) is 7.50. The lowest BCUT2D eigenvalue weighted by Gasteiger charge is -2.23. The van der Waals surface area contributed by atoms with Crippen molar-refractivity contribution in [3.8, 4) is 17.2 Å². The fraction of sp³-hybridized carbons (Fsp3) is 0.286. The number of benzene rings is 2. The van der Waals surface area contributed by atoms with Crippen LogP contribution < -0.4 is 15.2 Å². The van der Waals surface area contributed by atoms with E-state index in [9.17, 15) is 27.9 Å². The minimum Gasteiger partial charge on any atom is -0.478 e. The van der Waals surface area contributed by atoms with Crippen LogP contribution in [0.4, 0.5) is 13.2 Å². The smallest absolute Gasteiger partial charge is 0.478 e. The van der Waals surface area contributed by atoms with Gasteiger partial charge < -0.3 is 14.6 Å². The number of carboxylic acids is 1. The highest BCUT2D eigenvalue weighted by Crippen LogP contribution is 2.25. The van der Waals surface area contributed by atoms with Crippen molar-refractivity contribution in [2.45, 2.75) is 39.3 Å². The van der Waals surface area contributed by atoms with Crippen LogP contribution in [0.1, 0.15) is 25.0 Å². The molecule has 0 saturated heterocycles. The number of alkyl halides is 3. The van der Waals surface area contributed by atoms with E-state index in [0.717, 1.165) is 17.7 Å². The predicted molar refractivity (Wildman–Crippen MR) is 107 cm³/mol. The molecule has 0 aliphatic rings. The molecule has 2 aromatic carbocycles. The molecule has 0 atom stereocenters. The van der Waals surface area contributed by atoms with Gasteiger partial charge in [0.1, 0.15) is 17.8 Å². The molecule has 0 amide bonds. The molecule has 1 heterocycles. The number of aryl methyl sites for hydroxylation is 1. The highest BCUT2D eigenvalue weighted by molar-refractivity contribution is 5.76. The van der Waals surface area contributed by atoms with Crippen LogP contribution in [-0.4, -0.2) is 37.4 Å². The van der Waals surface area contributed by atoms with Crippen LogP contribution in [0.2, 0.25) is 0 Å². The number of halogens is 3. The Kier molecular flexibility index (Phi) is 6.02. The van der Waals surface area contributed by atoms with Gasteiger partial charge in [-0.25, -0.2) is 18.8 Å². The Balaban J connectivity index is 1.77. The summed E-state index contributed by atoms with van der Waals surface area (Å²) in [4.78, 5) is 23.9. The highest BCUT2D eigenvalue weighted by Gasteiger charge is 2.31. The van der Waals surface area contributed by atoms with Gasteiger partial charge in [-0.15, -0.1) is 13.2 Å². The molecule has 1 N–H and O–H groups in total. The lowest BCUT2D eigenvalue weighted by atomic mass is 10.1. The number of hydrogen-bond donors (Lipinski definition) is 1. The van der Waals surface area contributed by atoms with Crippen molar-refractivity contribution in [2.75, 3.05) is 0 Å². The molecule has 0 fully saturated rings. The summed E-state index contributed by atoms with van der Waals surface area (Å²) in [6.07, 6.45) is -3.53. The van der Waals surface area contributed by atoms with E-state index in [4.69, 9.17) is 4.74 Å². The van der Waals surface area contributed by atoms with Crippen molar-refractivity contribution in [2.24, 2.45) is 0 Å². The Morgan fingerprint density at radius 1 is 1.09 bits per heavy atom. The van der Waals surface area contributed by atoms with Crippen molar-refractivity contribution in [3.63, 3.8) is 0 Å². The third-order valence-electron chi connectivity index (χ3n) is 4.53. The van der Waals surface area contributed by atoms with E-state index in [0.29, 0.717) is 17.0 Å². The zero-order valence-electron chi connectivity index (χ0n) is 17.4. The van der Waals surface area contributed by atoms with Crippen molar-refractivity contribution < 1.29 is 32.5 Å². The predicted octanol–water partition coefficient (Wildman–Crippen LogP) is 3.53. The molecule has 11 heteroatoms. The summed E-state index contributed by atoms with van der Waals surface area (Å²) < 4.78 is 48.6. The van der Waals surface area contributed by atoms with Gasteiger partial charge in [0, 0.05) is 0 Å². The summed E-state index contributed by atoms with van der Waals surface area (Å²) in [7, 11) is 0. The molecule has 0 aliphatic heterocycles. The van der Waals surface area contributed by atoms with Gasteiger partial charge in [0.15, 0.2) is 5.60 Å². The number of aromatic nitrogens is 3. The minimum absolute atomic E-state index is 0.130. The average molecular weight is 451 g/mol. The lowest BCUT2D eigenvalue weighted by Crippen LogP contribution is -2.38. The summed E-state index contributed by atoms with van der Waals surface area (Å²) in [6.45, 7) is 4.76. The average Bonchev–Trinajstić information content (AvgIpc) is 3.03. The van der Waals surface area contributed by atoms with Gasteiger partial charge in [-0.3, -0.25) is 0 Å². The molecule has 0 bridgehead atoms. The van der Waals surface area contributed by atoms with Crippen molar-refractivity contribution in [1.82, 2.24) is 14.3 Å². The van der Waals surface area contributed by atoms with E-state index in [1.54, 1.807) is 25.1 Å². The number of hydrogen-bond acceptors (Lipinski definition) is 5. The first-order chi connectivity index (χ1) is 14.9. The van der Waals surface area contributed by atoms with Gasteiger partial charge in [-0.1, -0.05) is 12.1 Å². The monoisotopic (exact) mass is 451 g/mol.